The topological polar surface area (TPSA) is 165 Å². The highest BCUT2D eigenvalue weighted by molar-refractivity contribution is 6.58. The summed E-state index contributed by atoms with van der Waals surface area (Å²) in [6.45, 7) is 0. The van der Waals surface area contributed by atoms with Gasteiger partial charge in [-0.1, -0.05) is 121 Å². The maximum atomic E-state index is 14.1. The summed E-state index contributed by atoms with van der Waals surface area (Å²) in [6.07, 6.45) is 0. The molecule has 2 N–H and O–H groups in total. The lowest BCUT2D eigenvalue weighted by Crippen LogP contribution is -2.30. The minimum Gasteiger partial charge on any atom is -0.423 e. The Bertz CT molecular complexity index is 2670. The SMILES string of the molecule is Clc1nc(-c2ccccc2)nc(-c2ccccc2)n1.N#Cc1c(F)cc(-c2nc(-c3ccccc3)nc(-c3ccccc3)n2)cc1F.N#Cc1c(F)cc(B(O)O)cc1F. The summed E-state index contributed by atoms with van der Waals surface area (Å²) in [7, 11) is -1.95. The molecular weight excluding hydrogens is 795 g/mol. The van der Waals surface area contributed by atoms with E-state index in [1.165, 1.54) is 12.1 Å². The van der Waals surface area contributed by atoms with Crippen molar-refractivity contribution in [1.29, 1.82) is 10.5 Å². The average Bonchev–Trinajstić information content (AvgIpc) is 3.27. The molecule has 2 heterocycles. The van der Waals surface area contributed by atoms with Crippen LogP contribution in [0.15, 0.2) is 146 Å². The fraction of sp³-hybridized carbons (Fsp3) is 0. The smallest absolute Gasteiger partial charge is 0.423 e. The first-order valence-corrected chi connectivity index (χ1v) is 18.0. The van der Waals surface area contributed by atoms with Gasteiger partial charge in [0.05, 0.1) is 0 Å². The molecule has 292 valence electrons. The quantitative estimate of drug-likeness (QED) is 0.123. The van der Waals surface area contributed by atoms with Gasteiger partial charge >= 0.3 is 7.12 Å². The molecule has 0 atom stereocenters. The van der Waals surface area contributed by atoms with Gasteiger partial charge in [-0.05, 0) is 41.3 Å². The number of halogens is 5. The number of rotatable bonds is 6. The monoisotopic (exact) mass is 820 g/mol. The van der Waals surface area contributed by atoms with E-state index in [1.807, 2.05) is 121 Å². The maximum absolute atomic E-state index is 14.1. The minimum atomic E-state index is -1.95. The molecule has 8 rings (SSSR count). The summed E-state index contributed by atoms with van der Waals surface area (Å²) in [5, 5.41) is 34.5. The first-order valence-electron chi connectivity index (χ1n) is 17.6. The van der Waals surface area contributed by atoms with Gasteiger partial charge in [-0.15, -0.1) is 0 Å². The molecule has 0 bridgehead atoms. The van der Waals surface area contributed by atoms with E-state index in [0.29, 0.717) is 35.4 Å². The van der Waals surface area contributed by atoms with Crippen molar-refractivity contribution in [1.82, 2.24) is 29.9 Å². The van der Waals surface area contributed by atoms with Crippen LogP contribution in [0, 0.1) is 45.9 Å². The lowest BCUT2D eigenvalue weighted by molar-refractivity contribution is 0.425. The van der Waals surface area contributed by atoms with Crippen LogP contribution >= 0.6 is 11.6 Å². The average molecular weight is 821 g/mol. The lowest BCUT2D eigenvalue weighted by atomic mass is 9.80. The van der Waals surface area contributed by atoms with Crippen LogP contribution in [-0.4, -0.2) is 47.1 Å². The molecule has 0 saturated carbocycles. The van der Waals surface area contributed by atoms with Crippen LogP contribution in [0.1, 0.15) is 11.1 Å². The van der Waals surface area contributed by atoms with E-state index in [-0.39, 0.29) is 22.1 Å². The Morgan fingerprint density at radius 3 is 0.967 bits per heavy atom. The highest BCUT2D eigenvalue weighted by Crippen LogP contribution is 2.27. The first kappa shape index (κ1) is 41.9. The third-order valence-electron chi connectivity index (χ3n) is 8.26. The van der Waals surface area contributed by atoms with Crippen molar-refractivity contribution in [3.8, 4) is 69.1 Å². The molecule has 60 heavy (non-hydrogen) atoms. The molecule has 0 aliphatic carbocycles. The van der Waals surface area contributed by atoms with Crippen molar-refractivity contribution in [2.45, 2.75) is 0 Å². The van der Waals surface area contributed by atoms with Gasteiger partial charge in [0.15, 0.2) is 29.1 Å². The number of hydrogen-bond acceptors (Lipinski definition) is 10. The number of nitriles is 2. The molecule has 6 aromatic carbocycles. The van der Waals surface area contributed by atoms with Gasteiger partial charge in [-0.2, -0.15) is 20.5 Å². The first-order chi connectivity index (χ1) is 29.0. The minimum absolute atomic E-state index is 0.120. The third-order valence-corrected chi connectivity index (χ3v) is 8.43. The van der Waals surface area contributed by atoms with Crippen LogP contribution in [0.5, 0.6) is 0 Å². The Labute approximate surface area is 345 Å². The maximum Gasteiger partial charge on any atom is 0.488 e. The zero-order valence-electron chi connectivity index (χ0n) is 30.8. The number of nitrogens with zero attached hydrogens (tertiary/aromatic N) is 8. The number of hydrogen-bond donors (Lipinski definition) is 2. The predicted octanol–water partition coefficient (Wildman–Crippen LogP) is 8.40. The number of aromatic nitrogens is 6. The van der Waals surface area contributed by atoms with Crippen LogP contribution in [-0.2, 0) is 0 Å². The van der Waals surface area contributed by atoms with Gasteiger partial charge in [0.2, 0.25) is 5.28 Å². The van der Waals surface area contributed by atoms with Gasteiger partial charge in [0.25, 0.3) is 0 Å². The summed E-state index contributed by atoms with van der Waals surface area (Å²) < 4.78 is 53.8. The highest BCUT2D eigenvalue weighted by Gasteiger charge is 2.18. The van der Waals surface area contributed by atoms with Crippen LogP contribution in [0.25, 0.3) is 56.9 Å². The molecule has 0 aliphatic rings. The van der Waals surface area contributed by atoms with Gasteiger partial charge in [0, 0.05) is 27.8 Å². The Hall–Kier alpha value is -7.69. The summed E-state index contributed by atoms with van der Waals surface area (Å²) in [5.41, 5.74) is 1.78. The van der Waals surface area contributed by atoms with Gasteiger partial charge < -0.3 is 10.0 Å². The van der Waals surface area contributed by atoms with Crippen LogP contribution < -0.4 is 5.46 Å². The fourth-order valence-corrected chi connectivity index (χ4v) is 5.54. The Morgan fingerprint density at radius 1 is 0.417 bits per heavy atom. The highest BCUT2D eigenvalue weighted by atomic mass is 35.5. The third kappa shape index (κ3) is 10.4. The van der Waals surface area contributed by atoms with E-state index in [9.17, 15) is 17.6 Å². The molecule has 0 unspecified atom stereocenters. The normalized spacial score (nSPS) is 10.2. The molecule has 0 radical (unpaired) electrons. The molecule has 0 saturated heterocycles. The molecule has 16 heteroatoms. The summed E-state index contributed by atoms with van der Waals surface area (Å²) in [6, 6.07) is 44.3. The Morgan fingerprint density at radius 2 is 0.683 bits per heavy atom. The molecule has 0 fully saturated rings. The van der Waals surface area contributed by atoms with E-state index in [1.54, 1.807) is 0 Å². The molecule has 2 aromatic heterocycles. The second kappa shape index (κ2) is 19.6. The summed E-state index contributed by atoms with van der Waals surface area (Å²) in [4.78, 5) is 26.1. The van der Waals surface area contributed by atoms with Crippen molar-refractivity contribution in [2.75, 3.05) is 0 Å². The standard InChI is InChI=1S/C22H12F2N4.C15H10ClN3.C7H4BF2NO2/c23-18-11-16(12-19(24)17(18)13-25)22-27-20(14-7-3-1-4-8-14)26-21(28-22)15-9-5-2-6-10-15;16-15-18-13(11-7-3-1-4-8-11)17-14(19-15)12-9-5-2-6-10-12;9-6-1-4(8(12)13)2-7(10)5(6)3-11/h1-12H;1-10H;1-2,12-13H. The Kier molecular flexibility index (Phi) is 13.7. The fourth-order valence-electron chi connectivity index (χ4n) is 5.38. The zero-order chi connectivity index (χ0) is 42.6. The van der Waals surface area contributed by atoms with Crippen LogP contribution in [0.3, 0.4) is 0 Å². The summed E-state index contributed by atoms with van der Waals surface area (Å²) >= 11 is 5.99. The Balaban J connectivity index is 0.000000163. The lowest BCUT2D eigenvalue weighted by Gasteiger charge is -2.09. The van der Waals surface area contributed by atoms with Gasteiger partial charge in [0.1, 0.15) is 46.5 Å². The molecule has 8 aromatic rings. The number of benzene rings is 6. The second-order valence-corrected chi connectivity index (χ2v) is 12.6. The molecular formula is C44H26BClF4N8O2. The van der Waals surface area contributed by atoms with E-state index < -0.39 is 41.5 Å². The van der Waals surface area contributed by atoms with Crippen molar-refractivity contribution < 1.29 is 27.6 Å². The molecule has 0 amide bonds. The van der Waals surface area contributed by atoms with Gasteiger partial charge in [-0.25, -0.2) is 37.5 Å². The van der Waals surface area contributed by atoms with Crippen molar-refractivity contribution in [3.63, 3.8) is 0 Å². The van der Waals surface area contributed by atoms with Crippen molar-refractivity contribution >= 4 is 24.2 Å². The van der Waals surface area contributed by atoms with Gasteiger partial charge in [-0.3, -0.25) is 0 Å². The molecule has 0 spiro atoms. The van der Waals surface area contributed by atoms with Crippen molar-refractivity contribution in [2.24, 2.45) is 0 Å². The van der Waals surface area contributed by atoms with E-state index in [2.05, 4.69) is 29.9 Å². The molecule has 0 aliphatic heterocycles. The van der Waals surface area contributed by atoms with E-state index in [4.69, 9.17) is 32.2 Å². The largest absolute Gasteiger partial charge is 0.488 e. The summed E-state index contributed by atoms with van der Waals surface area (Å²) in [5.74, 6) is -2.07. The molecule has 10 nitrogen and oxygen atoms in total. The zero-order valence-corrected chi connectivity index (χ0v) is 31.6. The van der Waals surface area contributed by atoms with E-state index in [0.717, 1.165) is 34.4 Å². The van der Waals surface area contributed by atoms with Crippen LogP contribution in [0.4, 0.5) is 17.6 Å². The van der Waals surface area contributed by atoms with Crippen LogP contribution in [0.2, 0.25) is 5.28 Å². The van der Waals surface area contributed by atoms with Crippen molar-refractivity contribution in [3.05, 3.63) is 185 Å². The van der Waals surface area contributed by atoms with E-state index >= 15 is 0 Å². The second-order valence-electron chi connectivity index (χ2n) is 12.3. The predicted molar refractivity (Wildman–Crippen MR) is 217 cm³/mol.